The Morgan fingerprint density at radius 3 is 2.42 bits per heavy atom. The van der Waals surface area contributed by atoms with Crippen molar-refractivity contribution in [2.24, 2.45) is 0 Å². The van der Waals surface area contributed by atoms with E-state index in [0.717, 1.165) is 18.6 Å². The molecule has 1 aromatic carbocycles. The molecule has 26 heavy (non-hydrogen) atoms. The van der Waals surface area contributed by atoms with Crippen LogP contribution >= 0.6 is 0 Å². The lowest BCUT2D eigenvalue weighted by atomic mass is 9.87. The quantitative estimate of drug-likeness (QED) is 0.587. The molecule has 1 fully saturated rings. The van der Waals surface area contributed by atoms with Crippen molar-refractivity contribution in [3.05, 3.63) is 53.1 Å². The Bertz CT molecular complexity index is 673. The van der Waals surface area contributed by atoms with Gasteiger partial charge < -0.3 is 10.5 Å². The summed E-state index contributed by atoms with van der Waals surface area (Å²) in [5.41, 5.74) is 12.4. The van der Waals surface area contributed by atoms with Crippen LogP contribution in [0.1, 0.15) is 78.2 Å². The molecule has 0 heterocycles. The zero-order chi connectivity index (χ0) is 18.9. The molecule has 1 saturated carbocycles. The van der Waals surface area contributed by atoms with Crippen LogP contribution in [0.2, 0.25) is 0 Å². The summed E-state index contributed by atoms with van der Waals surface area (Å²) in [6.45, 7) is 8.20. The van der Waals surface area contributed by atoms with Crippen LogP contribution in [0.15, 0.2) is 47.6 Å². The topological polar surface area (TPSA) is 35.2 Å². The Labute approximate surface area is 159 Å². The van der Waals surface area contributed by atoms with E-state index in [9.17, 15) is 0 Å². The summed E-state index contributed by atoms with van der Waals surface area (Å²) in [4.78, 5) is 0. The van der Waals surface area contributed by atoms with Crippen molar-refractivity contribution in [1.82, 2.24) is 0 Å². The van der Waals surface area contributed by atoms with Crippen molar-refractivity contribution < 1.29 is 4.74 Å². The van der Waals surface area contributed by atoms with E-state index in [2.05, 4.69) is 44.2 Å². The molecule has 0 radical (unpaired) electrons. The van der Waals surface area contributed by atoms with Gasteiger partial charge in [0.25, 0.3) is 0 Å². The highest BCUT2D eigenvalue weighted by molar-refractivity contribution is 5.78. The van der Waals surface area contributed by atoms with E-state index in [4.69, 9.17) is 10.5 Å². The van der Waals surface area contributed by atoms with Gasteiger partial charge >= 0.3 is 0 Å². The molecule has 1 unspecified atom stereocenters. The average Bonchev–Trinajstić information content (AvgIpc) is 2.72. The van der Waals surface area contributed by atoms with Crippen molar-refractivity contribution >= 4 is 11.3 Å². The van der Waals surface area contributed by atoms with Crippen molar-refractivity contribution in [2.45, 2.75) is 78.7 Å². The molecule has 142 valence electrons. The number of allylic oxidation sites excluding steroid dienone is 6. The fourth-order valence-corrected chi connectivity index (χ4v) is 3.44. The van der Waals surface area contributed by atoms with Gasteiger partial charge in [0.15, 0.2) is 0 Å². The van der Waals surface area contributed by atoms with E-state index in [0.29, 0.717) is 5.69 Å². The number of hydrogen-bond donors (Lipinski definition) is 1. The minimum Gasteiger partial charge on any atom is -0.489 e. The molecule has 1 aromatic rings. The maximum Gasteiger partial charge on any atom is 0.143 e. The molecule has 0 aliphatic heterocycles. The van der Waals surface area contributed by atoms with Crippen molar-refractivity contribution in [3.8, 4) is 5.75 Å². The van der Waals surface area contributed by atoms with Crippen LogP contribution < -0.4 is 10.5 Å². The summed E-state index contributed by atoms with van der Waals surface area (Å²) in [5.74, 6) is 0.799. The summed E-state index contributed by atoms with van der Waals surface area (Å²) in [6.07, 6.45) is 15.8. The zero-order valence-corrected chi connectivity index (χ0v) is 17.0. The Balaban J connectivity index is 0.00000117. The Morgan fingerprint density at radius 1 is 1.08 bits per heavy atom. The summed E-state index contributed by atoms with van der Waals surface area (Å²) in [7, 11) is 0. The predicted molar refractivity (Wildman–Crippen MR) is 114 cm³/mol. The second kappa shape index (κ2) is 10.3. The summed E-state index contributed by atoms with van der Waals surface area (Å²) in [6, 6.07) is 6.13. The van der Waals surface area contributed by atoms with Gasteiger partial charge in [-0.1, -0.05) is 57.1 Å². The molecule has 2 aliphatic carbocycles. The molecular formula is C24H35NO. The fourth-order valence-electron chi connectivity index (χ4n) is 3.44. The van der Waals surface area contributed by atoms with Gasteiger partial charge in [0, 0.05) is 0 Å². The molecule has 2 N–H and O–H groups in total. The number of rotatable bonds is 4. The van der Waals surface area contributed by atoms with Crippen LogP contribution in [0.3, 0.4) is 0 Å². The second-order valence-corrected chi connectivity index (χ2v) is 6.98. The molecule has 1 atom stereocenters. The third kappa shape index (κ3) is 5.27. The van der Waals surface area contributed by atoms with Crippen molar-refractivity contribution in [3.63, 3.8) is 0 Å². The van der Waals surface area contributed by atoms with Crippen LogP contribution in [-0.4, -0.2) is 6.10 Å². The van der Waals surface area contributed by atoms with Crippen LogP contribution in [0.5, 0.6) is 5.75 Å². The number of benzene rings is 1. The molecular weight excluding hydrogens is 318 g/mol. The van der Waals surface area contributed by atoms with Gasteiger partial charge in [0.05, 0.1) is 11.8 Å². The van der Waals surface area contributed by atoms with Gasteiger partial charge in [-0.05, 0) is 74.3 Å². The lowest BCUT2D eigenvalue weighted by Gasteiger charge is -2.20. The lowest BCUT2D eigenvalue weighted by molar-refractivity contribution is 0.218. The maximum absolute atomic E-state index is 6.07. The normalized spacial score (nSPS) is 17.9. The van der Waals surface area contributed by atoms with E-state index in [1.807, 2.05) is 19.9 Å². The van der Waals surface area contributed by atoms with Gasteiger partial charge in [0.2, 0.25) is 0 Å². The number of ether oxygens (including phenoxy) is 1. The molecule has 0 spiro atoms. The Hall–Kier alpha value is -1.96. The van der Waals surface area contributed by atoms with E-state index >= 15 is 0 Å². The molecule has 3 rings (SSSR count). The van der Waals surface area contributed by atoms with Gasteiger partial charge in [-0.2, -0.15) is 0 Å². The molecule has 0 bridgehead atoms. The van der Waals surface area contributed by atoms with Crippen molar-refractivity contribution in [2.75, 3.05) is 5.73 Å². The minimum absolute atomic E-state index is 0.182. The summed E-state index contributed by atoms with van der Waals surface area (Å²) < 4.78 is 5.96. The number of anilines is 1. The van der Waals surface area contributed by atoms with Crippen LogP contribution in [-0.2, 0) is 0 Å². The molecule has 0 amide bonds. The zero-order valence-electron chi connectivity index (χ0n) is 17.0. The monoisotopic (exact) mass is 353 g/mol. The first-order valence-electron chi connectivity index (χ1n) is 10.3. The Morgan fingerprint density at radius 2 is 1.81 bits per heavy atom. The smallest absolute Gasteiger partial charge is 0.143 e. The highest BCUT2D eigenvalue weighted by Crippen LogP contribution is 2.34. The van der Waals surface area contributed by atoms with Crippen LogP contribution in [0.25, 0.3) is 5.57 Å². The molecule has 2 aliphatic rings. The van der Waals surface area contributed by atoms with Crippen LogP contribution in [0.4, 0.5) is 5.69 Å². The first kappa shape index (κ1) is 20.4. The molecule has 0 aromatic heterocycles. The predicted octanol–water partition coefficient (Wildman–Crippen LogP) is 7.08. The first-order chi connectivity index (χ1) is 12.7. The van der Waals surface area contributed by atoms with Crippen molar-refractivity contribution in [1.29, 1.82) is 0 Å². The maximum atomic E-state index is 6.07. The van der Waals surface area contributed by atoms with Gasteiger partial charge in [0.1, 0.15) is 5.75 Å². The Kier molecular flexibility index (Phi) is 8.03. The van der Waals surface area contributed by atoms with E-state index in [1.54, 1.807) is 5.57 Å². The molecule has 2 nitrogen and oxygen atoms in total. The first-order valence-corrected chi connectivity index (χ1v) is 10.3. The van der Waals surface area contributed by atoms with Gasteiger partial charge in [-0.3, -0.25) is 0 Å². The third-order valence-electron chi connectivity index (χ3n) is 5.17. The highest BCUT2D eigenvalue weighted by Gasteiger charge is 2.13. The number of nitrogens with two attached hydrogens (primary N) is 1. The third-order valence-corrected chi connectivity index (χ3v) is 5.17. The fraction of sp³-hybridized carbons (Fsp3) is 0.500. The molecule has 2 heteroatoms. The van der Waals surface area contributed by atoms with Crippen LogP contribution in [0, 0.1) is 0 Å². The van der Waals surface area contributed by atoms with E-state index in [-0.39, 0.29) is 6.10 Å². The summed E-state index contributed by atoms with van der Waals surface area (Å²) >= 11 is 0. The van der Waals surface area contributed by atoms with Gasteiger partial charge in [-0.15, -0.1) is 0 Å². The number of hydrogen-bond acceptors (Lipinski definition) is 2. The minimum atomic E-state index is 0.182. The number of nitrogen functional groups attached to an aromatic ring is 1. The molecule has 0 saturated heterocycles. The largest absolute Gasteiger partial charge is 0.489 e. The SMILES string of the molecule is CC.CCC(C)Oc1cc(C2=CCC(=C3CCCCC3)C=C2)ccc1N. The highest BCUT2D eigenvalue weighted by atomic mass is 16.5. The summed E-state index contributed by atoms with van der Waals surface area (Å²) in [5, 5.41) is 0. The van der Waals surface area contributed by atoms with E-state index < -0.39 is 0 Å². The van der Waals surface area contributed by atoms with Gasteiger partial charge in [-0.25, -0.2) is 0 Å². The van der Waals surface area contributed by atoms with E-state index in [1.165, 1.54) is 48.8 Å². The lowest BCUT2D eigenvalue weighted by Crippen LogP contribution is -2.11. The second-order valence-electron chi connectivity index (χ2n) is 6.98. The standard InChI is InChI=1S/C22H29NO.C2H6/c1-3-16(2)24-22-15-20(13-14-21(22)23)19-11-9-18(10-12-19)17-7-5-4-6-8-17;1-2/h9,11-16H,3-8,10,23H2,1-2H3;1-2H3. The average molecular weight is 354 g/mol.